The zero-order chi connectivity index (χ0) is 22.1. The van der Waals surface area contributed by atoms with Crippen molar-refractivity contribution in [3.05, 3.63) is 53.1 Å². The van der Waals surface area contributed by atoms with Crippen molar-refractivity contribution in [1.29, 1.82) is 0 Å². The molecule has 0 saturated heterocycles. The van der Waals surface area contributed by atoms with Crippen LogP contribution < -0.4 is 4.74 Å². The maximum atomic E-state index is 13.2. The van der Waals surface area contributed by atoms with Crippen molar-refractivity contribution in [3.63, 3.8) is 0 Å². The molecule has 0 spiro atoms. The minimum atomic E-state index is -0.769. The van der Waals surface area contributed by atoms with Crippen LogP contribution in [-0.2, 0) is 11.3 Å². The fourth-order valence-electron chi connectivity index (χ4n) is 3.27. The van der Waals surface area contributed by atoms with Crippen LogP contribution >= 0.6 is 0 Å². The highest BCUT2D eigenvalue weighted by Gasteiger charge is 2.25. The van der Waals surface area contributed by atoms with Gasteiger partial charge in [-0.05, 0) is 62.7 Å². The van der Waals surface area contributed by atoms with Crippen molar-refractivity contribution in [2.24, 2.45) is 0 Å². The van der Waals surface area contributed by atoms with Gasteiger partial charge in [0.2, 0.25) is 0 Å². The Kier molecular flexibility index (Phi) is 5.75. The van der Waals surface area contributed by atoms with E-state index in [0.717, 1.165) is 0 Å². The molecule has 0 fully saturated rings. The summed E-state index contributed by atoms with van der Waals surface area (Å²) in [5.74, 6) is 0.503. The van der Waals surface area contributed by atoms with Crippen molar-refractivity contribution >= 4 is 29.6 Å². The number of hydrogen-bond acceptors (Lipinski definition) is 6. The van der Waals surface area contributed by atoms with Gasteiger partial charge in [-0.25, -0.2) is 9.36 Å². The maximum absolute atomic E-state index is 13.2. The third-order valence-corrected chi connectivity index (χ3v) is 4.56. The predicted octanol–water partition coefficient (Wildman–Crippen LogP) is 4.22. The summed E-state index contributed by atoms with van der Waals surface area (Å²) in [5.41, 5.74) is 1.59. The summed E-state index contributed by atoms with van der Waals surface area (Å²) in [6.45, 7) is 4.93. The number of carbonyl (C=O) groups excluding carboxylic acids is 3. The molecule has 30 heavy (non-hydrogen) atoms. The van der Waals surface area contributed by atoms with Gasteiger partial charge in [-0.3, -0.25) is 9.59 Å². The van der Waals surface area contributed by atoms with E-state index in [9.17, 15) is 19.5 Å². The third-order valence-electron chi connectivity index (χ3n) is 4.56. The summed E-state index contributed by atoms with van der Waals surface area (Å²) in [7, 11) is 1.50. The molecule has 0 saturated carbocycles. The average molecular weight is 409 g/mol. The van der Waals surface area contributed by atoms with Gasteiger partial charge >= 0.3 is 6.09 Å². The number of aldehydes is 2. The second-order valence-electron chi connectivity index (χ2n) is 7.81. The van der Waals surface area contributed by atoms with Crippen LogP contribution in [0.25, 0.3) is 22.2 Å². The van der Waals surface area contributed by atoms with Crippen molar-refractivity contribution in [1.82, 2.24) is 4.57 Å². The summed E-state index contributed by atoms with van der Waals surface area (Å²) >= 11 is 0. The number of hydrogen-bond donors (Lipinski definition) is 1. The molecule has 156 valence electrons. The first-order valence-corrected chi connectivity index (χ1v) is 9.33. The minimum Gasteiger partial charge on any atom is -0.497 e. The molecule has 2 aromatic carbocycles. The Morgan fingerprint density at radius 3 is 2.33 bits per heavy atom. The monoisotopic (exact) mass is 409 g/mol. The highest BCUT2D eigenvalue weighted by Crippen LogP contribution is 2.35. The number of aromatic nitrogens is 1. The number of methoxy groups -OCH3 is 1. The molecule has 0 unspecified atom stereocenters. The topological polar surface area (TPSA) is 94.8 Å². The van der Waals surface area contributed by atoms with Gasteiger partial charge in [-0.15, -0.1) is 0 Å². The van der Waals surface area contributed by atoms with Crippen molar-refractivity contribution < 1.29 is 29.0 Å². The molecule has 0 atom stereocenters. The van der Waals surface area contributed by atoms with Crippen LogP contribution in [0.4, 0.5) is 4.79 Å². The van der Waals surface area contributed by atoms with E-state index in [0.29, 0.717) is 57.2 Å². The molecule has 0 bridgehead atoms. The van der Waals surface area contributed by atoms with Crippen molar-refractivity contribution in [3.8, 4) is 17.0 Å². The molecule has 1 heterocycles. The van der Waals surface area contributed by atoms with Crippen LogP contribution in [0, 0.1) is 0 Å². The van der Waals surface area contributed by atoms with Crippen molar-refractivity contribution in [2.45, 2.75) is 33.0 Å². The van der Waals surface area contributed by atoms with Gasteiger partial charge in [0.05, 0.1) is 24.9 Å². The standard InChI is InChI=1S/C23H23NO6/c1-23(2,3)30-22(28)24-20-8-14(11-25)7-16(13-27)19(20)10-21(24)18-9-17(29-4)6-5-15(18)12-26/h5-10,12-13,25H,11H2,1-4H3. The van der Waals surface area contributed by atoms with Crippen LogP contribution in [0.2, 0.25) is 0 Å². The fourth-order valence-corrected chi connectivity index (χ4v) is 3.27. The summed E-state index contributed by atoms with van der Waals surface area (Å²) in [6, 6.07) is 9.73. The van der Waals surface area contributed by atoms with E-state index in [1.54, 1.807) is 57.2 Å². The first-order chi connectivity index (χ1) is 14.2. The summed E-state index contributed by atoms with van der Waals surface area (Å²) < 4.78 is 12.2. The number of rotatable bonds is 5. The van der Waals surface area contributed by atoms with E-state index >= 15 is 0 Å². The second kappa shape index (κ2) is 8.12. The van der Waals surface area contributed by atoms with Gasteiger partial charge in [0.25, 0.3) is 0 Å². The van der Waals surface area contributed by atoms with E-state index in [2.05, 4.69) is 0 Å². The number of benzene rings is 2. The predicted molar refractivity (Wildman–Crippen MR) is 112 cm³/mol. The van der Waals surface area contributed by atoms with Gasteiger partial charge in [0.15, 0.2) is 12.6 Å². The largest absolute Gasteiger partial charge is 0.497 e. The van der Waals surface area contributed by atoms with Gasteiger partial charge in [-0.2, -0.15) is 0 Å². The second-order valence-corrected chi connectivity index (χ2v) is 7.81. The Bertz CT molecular complexity index is 1140. The van der Waals surface area contributed by atoms with Crippen LogP contribution in [0.5, 0.6) is 5.75 Å². The van der Waals surface area contributed by atoms with Gasteiger partial charge in [0, 0.05) is 22.1 Å². The summed E-state index contributed by atoms with van der Waals surface area (Å²) in [6.07, 6.45) is 0.682. The SMILES string of the molecule is COc1ccc(C=O)c(-c2cc3c(C=O)cc(CO)cc3n2C(=O)OC(C)(C)C)c1. The zero-order valence-corrected chi connectivity index (χ0v) is 17.3. The lowest BCUT2D eigenvalue weighted by atomic mass is 10.0. The molecule has 7 nitrogen and oxygen atoms in total. The Morgan fingerprint density at radius 2 is 1.77 bits per heavy atom. The lowest BCUT2D eigenvalue weighted by molar-refractivity contribution is 0.0546. The molecule has 3 rings (SSSR count). The van der Waals surface area contributed by atoms with Crippen molar-refractivity contribution in [2.75, 3.05) is 7.11 Å². The Labute approximate surface area is 173 Å². The van der Waals surface area contributed by atoms with E-state index in [4.69, 9.17) is 9.47 Å². The number of ether oxygens (including phenoxy) is 2. The van der Waals surface area contributed by atoms with E-state index < -0.39 is 11.7 Å². The van der Waals surface area contributed by atoms with E-state index in [1.165, 1.54) is 11.7 Å². The first-order valence-electron chi connectivity index (χ1n) is 9.33. The Balaban J connectivity index is 2.42. The minimum absolute atomic E-state index is 0.301. The molecule has 0 aliphatic heterocycles. The highest BCUT2D eigenvalue weighted by molar-refractivity contribution is 6.05. The quantitative estimate of drug-likeness (QED) is 0.634. The molecule has 1 aromatic heterocycles. The van der Waals surface area contributed by atoms with Crippen LogP contribution in [-0.4, -0.2) is 41.1 Å². The van der Waals surface area contributed by atoms with Gasteiger partial charge in [-0.1, -0.05) is 0 Å². The van der Waals surface area contributed by atoms with Crippen LogP contribution in [0.1, 0.15) is 47.1 Å². The Hall–Kier alpha value is -3.45. The molecule has 0 amide bonds. The van der Waals surface area contributed by atoms with Crippen LogP contribution in [0.15, 0.2) is 36.4 Å². The highest BCUT2D eigenvalue weighted by atomic mass is 16.6. The number of aliphatic hydroxyl groups excluding tert-OH is 1. The van der Waals surface area contributed by atoms with E-state index in [1.807, 2.05) is 0 Å². The average Bonchev–Trinajstić information content (AvgIpc) is 3.10. The normalized spacial score (nSPS) is 11.4. The summed E-state index contributed by atoms with van der Waals surface area (Å²) in [4.78, 5) is 36.5. The number of carbonyl (C=O) groups is 3. The molecule has 1 N–H and O–H groups in total. The number of nitrogens with zero attached hydrogens (tertiary/aromatic N) is 1. The molecule has 3 aromatic rings. The van der Waals surface area contributed by atoms with Gasteiger partial charge in [0.1, 0.15) is 11.4 Å². The first kappa shape index (κ1) is 21.3. The third kappa shape index (κ3) is 3.97. The molecule has 7 heteroatoms. The molecular formula is C23H23NO6. The van der Waals surface area contributed by atoms with Gasteiger partial charge < -0.3 is 14.6 Å². The molecule has 0 aliphatic rings. The zero-order valence-electron chi connectivity index (χ0n) is 17.3. The van der Waals surface area contributed by atoms with E-state index in [-0.39, 0.29) is 6.61 Å². The number of aliphatic hydroxyl groups is 1. The Morgan fingerprint density at radius 1 is 1.07 bits per heavy atom. The smallest absolute Gasteiger partial charge is 0.419 e. The summed E-state index contributed by atoms with van der Waals surface area (Å²) in [5, 5.41) is 10.1. The lowest BCUT2D eigenvalue weighted by Gasteiger charge is -2.21. The molecule has 0 aliphatic carbocycles. The lowest BCUT2D eigenvalue weighted by Crippen LogP contribution is -2.27. The number of fused-ring (bicyclic) bond motifs is 1. The van der Waals surface area contributed by atoms with Crippen LogP contribution in [0.3, 0.4) is 0 Å². The molecular weight excluding hydrogens is 386 g/mol. The fraction of sp³-hybridized carbons (Fsp3) is 0.261. The molecule has 0 radical (unpaired) electrons. The maximum Gasteiger partial charge on any atom is 0.419 e.